The second kappa shape index (κ2) is 10.7. The number of carbonyl (C=O) groups is 1. The lowest BCUT2D eigenvalue weighted by Crippen LogP contribution is -2.33. The Kier molecular flexibility index (Phi) is 7.50. The predicted octanol–water partition coefficient (Wildman–Crippen LogP) is 3.01. The summed E-state index contributed by atoms with van der Waals surface area (Å²) in [6.45, 7) is 3.63. The largest absolute Gasteiger partial charge is 0.497 e. The second-order valence-corrected chi connectivity index (χ2v) is 8.76. The molecule has 0 bridgehead atoms. The Morgan fingerprint density at radius 1 is 1.09 bits per heavy atom. The number of hydrogen-bond acceptors (Lipinski definition) is 5. The Balaban J connectivity index is 1.52. The molecule has 2 heterocycles. The van der Waals surface area contributed by atoms with Crippen molar-refractivity contribution in [3.05, 3.63) is 69.7 Å². The Labute approximate surface area is 195 Å². The molecule has 0 spiro atoms. The van der Waals surface area contributed by atoms with E-state index >= 15 is 0 Å². The number of methoxy groups -OCH3 is 2. The molecule has 1 atom stereocenters. The fourth-order valence-corrected chi connectivity index (χ4v) is 4.78. The third-order valence-corrected chi connectivity index (χ3v) is 6.64. The van der Waals surface area contributed by atoms with Crippen molar-refractivity contribution < 1.29 is 14.3 Å². The van der Waals surface area contributed by atoms with E-state index < -0.39 is 0 Å². The standard InChI is InChI=1S/C26H33N3O4/c1-32-21-10-8-19(9-11-21)17-27-26(31)25-22-12-13-28(18-20-6-4-3-5-7-20)14-15-29(22)24(30)16-23(25)33-2/h3-4,8-11,16,20H,5-7,12-15,17-18H2,1-2H3,(H,27,31)/t20-/m0/s1. The van der Waals surface area contributed by atoms with E-state index in [-0.39, 0.29) is 11.5 Å². The molecule has 1 aromatic carbocycles. The average Bonchev–Trinajstić information content (AvgIpc) is 3.06. The first-order valence-corrected chi connectivity index (χ1v) is 11.7. The number of carbonyl (C=O) groups excluding carboxylic acids is 1. The fourth-order valence-electron chi connectivity index (χ4n) is 4.78. The molecule has 0 saturated heterocycles. The maximum Gasteiger partial charge on any atom is 0.257 e. The molecular weight excluding hydrogens is 418 g/mol. The topological polar surface area (TPSA) is 72.8 Å². The number of nitrogens with zero attached hydrogens (tertiary/aromatic N) is 2. The predicted molar refractivity (Wildman–Crippen MR) is 128 cm³/mol. The normalized spacial score (nSPS) is 18.3. The summed E-state index contributed by atoms with van der Waals surface area (Å²) >= 11 is 0. The molecule has 0 fully saturated rings. The van der Waals surface area contributed by atoms with Gasteiger partial charge in [0, 0.05) is 50.9 Å². The lowest BCUT2D eigenvalue weighted by molar-refractivity contribution is 0.0945. The molecule has 1 aliphatic heterocycles. The zero-order valence-electron chi connectivity index (χ0n) is 19.5. The number of benzene rings is 1. The van der Waals surface area contributed by atoms with Gasteiger partial charge in [-0.25, -0.2) is 0 Å². The van der Waals surface area contributed by atoms with Crippen molar-refractivity contribution in [1.29, 1.82) is 0 Å². The van der Waals surface area contributed by atoms with Gasteiger partial charge >= 0.3 is 0 Å². The van der Waals surface area contributed by atoms with Crippen LogP contribution in [0.4, 0.5) is 0 Å². The number of allylic oxidation sites excluding steroid dienone is 2. The smallest absolute Gasteiger partial charge is 0.257 e. The van der Waals surface area contributed by atoms with Crippen molar-refractivity contribution in [2.24, 2.45) is 5.92 Å². The van der Waals surface area contributed by atoms with Gasteiger partial charge in [0.1, 0.15) is 17.1 Å². The second-order valence-electron chi connectivity index (χ2n) is 8.76. The number of fused-ring (bicyclic) bond motifs is 1. The first-order chi connectivity index (χ1) is 16.1. The minimum Gasteiger partial charge on any atom is -0.497 e. The summed E-state index contributed by atoms with van der Waals surface area (Å²) in [6, 6.07) is 9.02. The molecule has 0 radical (unpaired) electrons. The van der Waals surface area contributed by atoms with Gasteiger partial charge < -0.3 is 24.3 Å². The molecule has 176 valence electrons. The number of ether oxygens (including phenoxy) is 2. The molecule has 4 rings (SSSR count). The molecule has 1 aliphatic carbocycles. The fraction of sp³-hybridized carbons (Fsp3) is 0.462. The molecular formula is C26H33N3O4. The van der Waals surface area contributed by atoms with E-state index in [0.717, 1.165) is 49.5 Å². The van der Waals surface area contributed by atoms with Crippen molar-refractivity contribution in [2.45, 2.75) is 38.8 Å². The van der Waals surface area contributed by atoms with Crippen molar-refractivity contribution in [3.63, 3.8) is 0 Å². The molecule has 2 aliphatic rings. The van der Waals surface area contributed by atoms with Crippen LogP contribution in [0.15, 0.2) is 47.3 Å². The molecule has 7 heteroatoms. The molecule has 1 aromatic heterocycles. The Morgan fingerprint density at radius 3 is 2.61 bits per heavy atom. The zero-order chi connectivity index (χ0) is 23.2. The molecule has 7 nitrogen and oxygen atoms in total. The number of rotatable bonds is 7. The highest BCUT2D eigenvalue weighted by Gasteiger charge is 2.26. The van der Waals surface area contributed by atoms with Gasteiger partial charge in [0.15, 0.2) is 0 Å². The van der Waals surface area contributed by atoms with Crippen LogP contribution < -0.4 is 20.3 Å². The minimum absolute atomic E-state index is 0.115. The maximum absolute atomic E-state index is 13.3. The van der Waals surface area contributed by atoms with E-state index in [1.54, 1.807) is 11.7 Å². The van der Waals surface area contributed by atoms with Gasteiger partial charge in [-0.1, -0.05) is 24.3 Å². The summed E-state index contributed by atoms with van der Waals surface area (Å²) in [5, 5.41) is 3.00. The minimum atomic E-state index is -0.225. The van der Waals surface area contributed by atoms with Crippen molar-refractivity contribution in [1.82, 2.24) is 14.8 Å². The summed E-state index contributed by atoms with van der Waals surface area (Å²) in [5.74, 6) is 1.55. The Morgan fingerprint density at radius 2 is 1.91 bits per heavy atom. The van der Waals surface area contributed by atoms with Crippen LogP contribution in [0.3, 0.4) is 0 Å². The van der Waals surface area contributed by atoms with Crippen LogP contribution in [-0.4, -0.2) is 49.2 Å². The Bertz CT molecular complexity index is 1060. The highest BCUT2D eigenvalue weighted by molar-refractivity contribution is 5.98. The van der Waals surface area contributed by atoms with Crippen molar-refractivity contribution in [2.75, 3.05) is 33.9 Å². The molecule has 33 heavy (non-hydrogen) atoms. The summed E-state index contributed by atoms with van der Waals surface area (Å²) in [7, 11) is 3.13. The van der Waals surface area contributed by atoms with Gasteiger partial charge in [0.2, 0.25) is 0 Å². The lowest BCUT2D eigenvalue weighted by Gasteiger charge is -2.26. The van der Waals surface area contributed by atoms with Crippen LogP contribution in [-0.2, 0) is 19.5 Å². The van der Waals surface area contributed by atoms with Crippen molar-refractivity contribution in [3.8, 4) is 11.5 Å². The first-order valence-electron chi connectivity index (χ1n) is 11.7. The van der Waals surface area contributed by atoms with Crippen LogP contribution in [0.1, 0.15) is 40.9 Å². The number of hydrogen-bond donors (Lipinski definition) is 1. The van der Waals surface area contributed by atoms with E-state index in [1.165, 1.54) is 19.6 Å². The summed E-state index contributed by atoms with van der Waals surface area (Å²) in [6.07, 6.45) is 8.66. The van der Waals surface area contributed by atoms with Gasteiger partial charge in [-0.15, -0.1) is 0 Å². The van der Waals surface area contributed by atoms with Gasteiger partial charge in [-0.3, -0.25) is 9.59 Å². The van der Waals surface area contributed by atoms with E-state index in [0.29, 0.717) is 36.7 Å². The van der Waals surface area contributed by atoms with Gasteiger partial charge in [-0.05, 0) is 42.9 Å². The summed E-state index contributed by atoms with van der Waals surface area (Å²) in [5.41, 5.74) is 2.08. The van der Waals surface area contributed by atoms with E-state index in [2.05, 4.69) is 22.4 Å². The van der Waals surface area contributed by atoms with Crippen LogP contribution in [0.2, 0.25) is 0 Å². The summed E-state index contributed by atoms with van der Waals surface area (Å²) < 4.78 is 12.4. The molecule has 2 aromatic rings. The van der Waals surface area contributed by atoms with Crippen LogP contribution >= 0.6 is 0 Å². The van der Waals surface area contributed by atoms with Crippen LogP contribution in [0, 0.1) is 5.92 Å². The third-order valence-electron chi connectivity index (χ3n) is 6.64. The van der Waals surface area contributed by atoms with Gasteiger partial charge in [0.25, 0.3) is 11.5 Å². The van der Waals surface area contributed by atoms with Crippen molar-refractivity contribution >= 4 is 5.91 Å². The Hall–Kier alpha value is -3.06. The van der Waals surface area contributed by atoms with Crippen LogP contribution in [0.25, 0.3) is 0 Å². The quantitative estimate of drug-likeness (QED) is 0.656. The highest BCUT2D eigenvalue weighted by Crippen LogP contribution is 2.25. The first kappa shape index (κ1) is 23.1. The molecule has 1 N–H and O–H groups in total. The molecule has 1 amide bonds. The summed E-state index contributed by atoms with van der Waals surface area (Å²) in [4.78, 5) is 28.5. The average molecular weight is 452 g/mol. The van der Waals surface area contributed by atoms with Gasteiger partial charge in [0.05, 0.1) is 14.2 Å². The van der Waals surface area contributed by atoms with Gasteiger partial charge in [-0.2, -0.15) is 0 Å². The molecule has 0 unspecified atom stereocenters. The third kappa shape index (κ3) is 5.47. The number of aromatic nitrogens is 1. The SMILES string of the molecule is COc1ccc(CNC(=O)c2c(OC)cc(=O)n3c2CCN(C[C@H]2CC=CCC2)CC3)cc1. The monoisotopic (exact) mass is 451 g/mol. The zero-order valence-corrected chi connectivity index (χ0v) is 19.5. The van der Waals surface area contributed by atoms with E-state index in [9.17, 15) is 9.59 Å². The molecule has 0 saturated carbocycles. The van der Waals surface area contributed by atoms with E-state index in [1.807, 2.05) is 24.3 Å². The van der Waals surface area contributed by atoms with E-state index in [4.69, 9.17) is 9.47 Å². The number of amides is 1. The van der Waals surface area contributed by atoms with Crippen LogP contribution in [0.5, 0.6) is 11.5 Å². The highest BCUT2D eigenvalue weighted by atomic mass is 16.5. The lowest BCUT2D eigenvalue weighted by atomic mass is 9.94. The maximum atomic E-state index is 13.3. The number of pyridine rings is 1. The number of nitrogens with one attached hydrogen (secondary N) is 1.